The summed E-state index contributed by atoms with van der Waals surface area (Å²) in [5, 5.41) is 16.6. The Morgan fingerprint density at radius 3 is 2.16 bits per heavy atom. The first kappa shape index (κ1) is 30.1. The van der Waals surface area contributed by atoms with Crippen molar-refractivity contribution in [1.29, 1.82) is 0 Å². The van der Waals surface area contributed by atoms with Crippen molar-refractivity contribution in [2.45, 2.75) is 78.9 Å². The molecule has 8 heteroatoms. The number of nitrogens with zero attached hydrogens (tertiary/aromatic N) is 1. The average molecular weight is 513 g/mol. The predicted octanol–water partition coefficient (Wildman–Crippen LogP) is 4.08. The van der Waals surface area contributed by atoms with E-state index in [4.69, 9.17) is 0 Å². The van der Waals surface area contributed by atoms with Gasteiger partial charge < -0.3 is 25.6 Å². The van der Waals surface area contributed by atoms with Crippen LogP contribution in [0.2, 0.25) is 0 Å². The largest absolute Gasteiger partial charge is 0.478 e. The van der Waals surface area contributed by atoms with Crippen molar-refractivity contribution in [2.75, 3.05) is 14.1 Å². The lowest BCUT2D eigenvalue weighted by Gasteiger charge is -2.39. The Balaban J connectivity index is 2.40. The molecule has 0 fully saturated rings. The van der Waals surface area contributed by atoms with Gasteiger partial charge in [-0.1, -0.05) is 72.7 Å². The summed E-state index contributed by atoms with van der Waals surface area (Å²) in [6.45, 7) is 15.1. The van der Waals surface area contributed by atoms with Gasteiger partial charge in [0.15, 0.2) is 0 Å². The van der Waals surface area contributed by atoms with Gasteiger partial charge >= 0.3 is 5.97 Å². The fourth-order valence-corrected chi connectivity index (χ4v) is 4.88. The van der Waals surface area contributed by atoms with E-state index in [1.54, 1.807) is 25.1 Å². The number of H-pyrrole nitrogens is 1. The summed E-state index contributed by atoms with van der Waals surface area (Å²) in [5.41, 5.74) is 0.983. The number of fused-ring (bicyclic) bond motifs is 1. The number of hydrogen-bond donors (Lipinski definition) is 4. The monoisotopic (exact) mass is 512 g/mol. The smallest absolute Gasteiger partial charge is 0.331 e. The lowest BCUT2D eigenvalue weighted by Crippen LogP contribution is -2.61. The second-order valence-corrected chi connectivity index (χ2v) is 11.8. The zero-order valence-electron chi connectivity index (χ0n) is 23.9. The van der Waals surface area contributed by atoms with E-state index in [-0.39, 0.29) is 23.3 Å². The number of para-hydroxylation sites is 1. The Morgan fingerprint density at radius 1 is 1.05 bits per heavy atom. The van der Waals surface area contributed by atoms with Gasteiger partial charge in [0.2, 0.25) is 11.8 Å². The Bertz CT molecular complexity index is 1160. The third kappa shape index (κ3) is 6.60. The molecule has 0 radical (unpaired) electrons. The highest BCUT2D eigenvalue weighted by Gasteiger charge is 2.42. The Kier molecular flexibility index (Phi) is 9.36. The maximum absolute atomic E-state index is 13.8. The second-order valence-electron chi connectivity index (χ2n) is 11.8. The first-order valence-corrected chi connectivity index (χ1v) is 12.8. The minimum Gasteiger partial charge on any atom is -0.478 e. The number of aromatic amines is 1. The highest BCUT2D eigenvalue weighted by atomic mass is 16.4. The molecule has 1 heterocycles. The Hall–Kier alpha value is -3.13. The van der Waals surface area contributed by atoms with Crippen LogP contribution in [-0.2, 0) is 19.8 Å². The maximum Gasteiger partial charge on any atom is 0.331 e. The normalized spacial score (nSPS) is 15.4. The number of aromatic nitrogens is 1. The van der Waals surface area contributed by atoms with Gasteiger partial charge in [-0.3, -0.25) is 9.59 Å². The number of carboxylic acids is 1. The Morgan fingerprint density at radius 2 is 1.65 bits per heavy atom. The Labute approximate surface area is 220 Å². The lowest BCUT2D eigenvalue weighted by atomic mass is 9.76. The number of amides is 2. The second kappa shape index (κ2) is 11.5. The van der Waals surface area contributed by atoms with Gasteiger partial charge in [-0.15, -0.1) is 0 Å². The maximum atomic E-state index is 13.8. The van der Waals surface area contributed by atoms with Crippen LogP contribution in [0.15, 0.2) is 42.1 Å². The SMILES string of the molecule is CN[C@H](C(=O)NC(C(=O)N(C)[C@H](C=C(C)C(=O)O)C(C)C)C(C)(C)C)C(C)(C)c1c[nH]c2ccccc12. The summed E-state index contributed by atoms with van der Waals surface area (Å²) in [6.07, 6.45) is 3.54. The number of carbonyl (C=O) groups is 3. The van der Waals surface area contributed by atoms with E-state index in [0.717, 1.165) is 16.5 Å². The molecule has 2 rings (SSSR count). The molecule has 0 saturated carbocycles. The molecule has 0 aliphatic heterocycles. The lowest BCUT2D eigenvalue weighted by molar-refractivity contribution is -0.141. The quantitative estimate of drug-likeness (QED) is 0.358. The van der Waals surface area contributed by atoms with Crippen LogP contribution in [0.3, 0.4) is 0 Å². The van der Waals surface area contributed by atoms with E-state index in [1.165, 1.54) is 6.92 Å². The summed E-state index contributed by atoms with van der Waals surface area (Å²) in [7, 11) is 3.41. The van der Waals surface area contributed by atoms with E-state index in [1.807, 2.05) is 78.9 Å². The summed E-state index contributed by atoms with van der Waals surface area (Å²) in [5.74, 6) is -1.60. The van der Waals surface area contributed by atoms with Crippen LogP contribution in [0, 0.1) is 11.3 Å². The average Bonchev–Trinajstić information content (AvgIpc) is 3.24. The van der Waals surface area contributed by atoms with Crippen LogP contribution < -0.4 is 10.6 Å². The number of rotatable bonds is 10. The summed E-state index contributed by atoms with van der Waals surface area (Å²) in [6, 6.07) is 6.09. The highest BCUT2D eigenvalue weighted by Crippen LogP contribution is 2.34. The van der Waals surface area contributed by atoms with Gasteiger partial charge in [-0.05, 0) is 36.9 Å². The number of hydrogen-bond acceptors (Lipinski definition) is 4. The molecule has 0 spiro atoms. The van der Waals surface area contributed by atoms with Gasteiger partial charge in [0, 0.05) is 35.1 Å². The molecule has 3 atom stereocenters. The van der Waals surface area contributed by atoms with E-state index < -0.39 is 34.9 Å². The zero-order chi connectivity index (χ0) is 28.3. The molecule has 0 bridgehead atoms. The summed E-state index contributed by atoms with van der Waals surface area (Å²) >= 11 is 0. The van der Waals surface area contributed by atoms with Crippen molar-refractivity contribution in [3.8, 4) is 0 Å². The number of carbonyl (C=O) groups excluding carboxylic acids is 2. The summed E-state index contributed by atoms with van der Waals surface area (Å²) in [4.78, 5) is 43.8. The minimum absolute atomic E-state index is 0.0227. The minimum atomic E-state index is -1.02. The first-order valence-electron chi connectivity index (χ1n) is 12.8. The van der Waals surface area contributed by atoms with E-state index in [2.05, 4.69) is 15.6 Å². The van der Waals surface area contributed by atoms with Crippen molar-refractivity contribution < 1.29 is 19.5 Å². The molecule has 1 aromatic heterocycles. The van der Waals surface area contributed by atoms with Crippen molar-refractivity contribution >= 4 is 28.7 Å². The third-order valence-electron chi connectivity index (χ3n) is 7.19. The molecule has 0 saturated heterocycles. The zero-order valence-corrected chi connectivity index (χ0v) is 23.9. The molecule has 8 nitrogen and oxygen atoms in total. The van der Waals surface area contributed by atoms with Crippen LogP contribution in [0.25, 0.3) is 10.9 Å². The van der Waals surface area contributed by atoms with Gasteiger partial charge in [-0.25, -0.2) is 4.79 Å². The highest BCUT2D eigenvalue weighted by molar-refractivity contribution is 5.93. The van der Waals surface area contributed by atoms with Crippen molar-refractivity contribution in [1.82, 2.24) is 20.5 Å². The number of likely N-dealkylation sites (N-methyl/N-ethyl adjacent to an activating group) is 2. The van der Waals surface area contributed by atoms with Crippen LogP contribution in [0.4, 0.5) is 0 Å². The van der Waals surface area contributed by atoms with Gasteiger partial charge in [0.25, 0.3) is 0 Å². The fourth-order valence-electron chi connectivity index (χ4n) is 4.88. The molecule has 4 N–H and O–H groups in total. The van der Waals surface area contributed by atoms with Crippen LogP contribution >= 0.6 is 0 Å². The molecule has 0 aliphatic rings. The summed E-state index contributed by atoms with van der Waals surface area (Å²) < 4.78 is 0. The molecule has 204 valence electrons. The molecule has 2 aromatic rings. The molecule has 37 heavy (non-hydrogen) atoms. The predicted molar refractivity (Wildman–Crippen MR) is 148 cm³/mol. The molecular weight excluding hydrogens is 468 g/mol. The molecule has 1 unspecified atom stereocenters. The van der Waals surface area contributed by atoms with Crippen LogP contribution in [0.1, 0.15) is 61.0 Å². The van der Waals surface area contributed by atoms with Gasteiger partial charge in [0.1, 0.15) is 6.04 Å². The number of aliphatic carboxylic acids is 1. The topological polar surface area (TPSA) is 115 Å². The fraction of sp³-hybridized carbons (Fsp3) is 0.552. The number of carboxylic acid groups (broad SMARTS) is 1. The van der Waals surface area contributed by atoms with Gasteiger partial charge in [-0.2, -0.15) is 0 Å². The van der Waals surface area contributed by atoms with Crippen LogP contribution in [0.5, 0.6) is 0 Å². The van der Waals surface area contributed by atoms with Gasteiger partial charge in [0.05, 0.1) is 12.1 Å². The standard InChI is InChI=1S/C29H44N4O4/c1-17(2)22(15-18(3)27(36)37)33(10)26(35)24(28(4,5)6)32-25(34)23(30-9)29(7,8)20-16-31-21-14-12-11-13-19(20)21/h11-17,22-24,30-31H,1-10H3,(H,32,34)(H,36,37)/t22-,23-,24?/m1/s1. The number of nitrogens with one attached hydrogen (secondary N) is 3. The van der Waals surface area contributed by atoms with E-state index in [0.29, 0.717) is 0 Å². The molecule has 0 aliphatic carbocycles. The molecule has 2 amide bonds. The van der Waals surface area contributed by atoms with Crippen molar-refractivity contribution in [3.63, 3.8) is 0 Å². The van der Waals surface area contributed by atoms with Crippen molar-refractivity contribution in [3.05, 3.63) is 47.7 Å². The third-order valence-corrected chi connectivity index (χ3v) is 7.19. The first-order chi connectivity index (χ1) is 17.0. The van der Waals surface area contributed by atoms with E-state index >= 15 is 0 Å². The number of benzene rings is 1. The molecule has 1 aromatic carbocycles. The van der Waals surface area contributed by atoms with Crippen molar-refractivity contribution in [2.24, 2.45) is 11.3 Å². The van der Waals surface area contributed by atoms with E-state index in [9.17, 15) is 19.5 Å². The molecular formula is C29H44N4O4. The van der Waals surface area contributed by atoms with Crippen LogP contribution in [-0.4, -0.2) is 65.0 Å².